The van der Waals surface area contributed by atoms with Crippen molar-refractivity contribution in [2.24, 2.45) is 0 Å². The van der Waals surface area contributed by atoms with Crippen molar-refractivity contribution in [2.75, 3.05) is 4.72 Å². The quantitative estimate of drug-likeness (QED) is 0.238. The Kier molecular flexibility index (Phi) is 6.86. The number of phenols is 1. The van der Waals surface area contributed by atoms with Gasteiger partial charge in [0, 0.05) is 23.6 Å². The van der Waals surface area contributed by atoms with Gasteiger partial charge >= 0.3 is 5.97 Å². The number of nitrogens with zero attached hydrogens (tertiary/aromatic N) is 1. The van der Waals surface area contributed by atoms with E-state index in [-0.39, 0.29) is 28.3 Å². The molecule has 0 radical (unpaired) electrons. The molecule has 1 heterocycles. The van der Waals surface area contributed by atoms with Crippen LogP contribution in [0.3, 0.4) is 0 Å². The van der Waals surface area contributed by atoms with Crippen molar-refractivity contribution in [1.29, 1.82) is 5.26 Å². The highest BCUT2D eigenvalue weighted by atomic mass is 32.2. The summed E-state index contributed by atoms with van der Waals surface area (Å²) in [5.74, 6) is -2.00. The van der Waals surface area contributed by atoms with Crippen molar-refractivity contribution < 1.29 is 28.2 Å². The summed E-state index contributed by atoms with van der Waals surface area (Å²) in [5.41, 5.74) is 2.41. The minimum atomic E-state index is -4.14. The molecule has 37 heavy (non-hydrogen) atoms. The van der Waals surface area contributed by atoms with Crippen LogP contribution >= 0.6 is 0 Å². The van der Waals surface area contributed by atoms with E-state index in [4.69, 9.17) is 0 Å². The number of nitrogens with one attached hydrogen (secondary N) is 3. The normalized spacial score (nSPS) is 12.0. The number of nitriles is 1. The summed E-state index contributed by atoms with van der Waals surface area (Å²) < 4.78 is 28.8. The van der Waals surface area contributed by atoms with E-state index in [1.807, 2.05) is 6.92 Å². The average molecular weight is 519 g/mol. The topological polar surface area (TPSA) is 172 Å². The molecule has 0 saturated heterocycles. The molecule has 4 rings (SSSR count). The van der Waals surface area contributed by atoms with Gasteiger partial charge in [0.05, 0.1) is 21.7 Å². The molecule has 0 bridgehead atoms. The Morgan fingerprint density at radius 3 is 2.51 bits per heavy atom. The third-order valence-electron chi connectivity index (χ3n) is 5.79. The Labute approximate surface area is 212 Å². The molecule has 1 atom stereocenters. The van der Waals surface area contributed by atoms with Crippen molar-refractivity contribution in [3.05, 3.63) is 89.1 Å². The number of aliphatic carboxylic acids is 1. The number of rotatable bonds is 8. The Hall–Kier alpha value is -4.82. The highest BCUT2D eigenvalue weighted by Crippen LogP contribution is 2.30. The number of benzene rings is 3. The zero-order chi connectivity index (χ0) is 26.7. The van der Waals surface area contributed by atoms with E-state index < -0.39 is 27.9 Å². The van der Waals surface area contributed by atoms with Gasteiger partial charge in [0.1, 0.15) is 17.9 Å². The molecule has 188 valence electrons. The number of carboxylic acids is 1. The number of phenolic OH excluding ortho intramolecular Hbond substituents is 1. The average Bonchev–Trinajstić information content (AvgIpc) is 3.32. The van der Waals surface area contributed by atoms with Crippen molar-refractivity contribution in [3.8, 4) is 11.8 Å². The standard InChI is InChI=1S/C26H22N4O6S/c1-15-5-10-21(24-23(15)18(13-27)14-28-24)30-37(35,36)20-4-2-3-17(12-20)25(32)29-22(26(33)34)11-16-6-8-19(31)9-7-16/h2-10,12,14,22,28,30-31H,11H2,1H3,(H,29,32)(H,33,34)/t22-/m0/s1. The van der Waals surface area contributed by atoms with E-state index in [0.29, 0.717) is 22.0 Å². The summed E-state index contributed by atoms with van der Waals surface area (Å²) in [6, 6.07) is 15.2. The predicted molar refractivity (Wildman–Crippen MR) is 136 cm³/mol. The number of amides is 1. The number of fused-ring (bicyclic) bond motifs is 1. The molecule has 5 N–H and O–H groups in total. The number of sulfonamides is 1. The third kappa shape index (κ3) is 5.39. The maximum atomic E-state index is 13.1. The minimum absolute atomic E-state index is 0.0273. The lowest BCUT2D eigenvalue weighted by atomic mass is 10.1. The Balaban J connectivity index is 1.57. The number of anilines is 1. The zero-order valence-corrected chi connectivity index (χ0v) is 20.3. The fourth-order valence-corrected chi connectivity index (χ4v) is 5.03. The van der Waals surface area contributed by atoms with Crippen LogP contribution < -0.4 is 10.0 Å². The monoisotopic (exact) mass is 518 g/mol. The summed E-state index contributed by atoms with van der Waals surface area (Å²) in [4.78, 5) is 27.3. The summed E-state index contributed by atoms with van der Waals surface area (Å²) in [6.45, 7) is 1.81. The molecular formula is C26H22N4O6S. The van der Waals surface area contributed by atoms with E-state index in [0.717, 1.165) is 11.6 Å². The predicted octanol–water partition coefficient (Wildman–Crippen LogP) is 3.28. The minimum Gasteiger partial charge on any atom is -0.508 e. The molecule has 3 aromatic carbocycles. The number of hydrogen-bond acceptors (Lipinski definition) is 6. The fourth-order valence-electron chi connectivity index (χ4n) is 3.91. The first-order chi connectivity index (χ1) is 17.6. The molecule has 0 saturated carbocycles. The van der Waals surface area contributed by atoms with Gasteiger partial charge in [-0.2, -0.15) is 5.26 Å². The maximum Gasteiger partial charge on any atom is 0.326 e. The third-order valence-corrected chi connectivity index (χ3v) is 7.16. The van der Waals surface area contributed by atoms with Crippen molar-refractivity contribution in [1.82, 2.24) is 10.3 Å². The molecule has 0 aliphatic carbocycles. The van der Waals surface area contributed by atoms with Gasteiger partial charge in [0.15, 0.2) is 0 Å². The number of hydrogen-bond donors (Lipinski definition) is 5. The van der Waals surface area contributed by atoms with E-state index >= 15 is 0 Å². The number of aryl methyl sites for hydroxylation is 1. The van der Waals surface area contributed by atoms with Gasteiger partial charge in [0.25, 0.3) is 15.9 Å². The van der Waals surface area contributed by atoms with E-state index in [1.54, 1.807) is 24.3 Å². The van der Waals surface area contributed by atoms with Crippen molar-refractivity contribution >= 4 is 38.5 Å². The molecule has 0 aliphatic rings. The van der Waals surface area contributed by atoms with Crippen LogP contribution in [0.2, 0.25) is 0 Å². The van der Waals surface area contributed by atoms with E-state index in [9.17, 15) is 33.5 Å². The molecule has 1 amide bonds. The Morgan fingerprint density at radius 2 is 1.84 bits per heavy atom. The summed E-state index contributed by atoms with van der Waals surface area (Å²) in [6.07, 6.45) is 1.46. The Bertz CT molecular complexity index is 1650. The highest BCUT2D eigenvalue weighted by Gasteiger charge is 2.23. The largest absolute Gasteiger partial charge is 0.508 e. The number of carbonyl (C=O) groups is 2. The van der Waals surface area contributed by atoms with Gasteiger partial charge in [-0.15, -0.1) is 0 Å². The molecule has 1 aromatic heterocycles. The van der Waals surface area contributed by atoms with Gasteiger partial charge in [-0.3, -0.25) is 9.52 Å². The number of carboxylic acid groups (broad SMARTS) is 1. The van der Waals surface area contributed by atoms with Gasteiger partial charge in [0.2, 0.25) is 0 Å². The van der Waals surface area contributed by atoms with Crippen LogP contribution in [0.5, 0.6) is 5.75 Å². The molecule has 0 unspecified atom stereocenters. The first-order valence-electron chi connectivity index (χ1n) is 11.0. The first kappa shape index (κ1) is 25.3. The molecule has 0 aliphatic heterocycles. The van der Waals surface area contributed by atoms with Crippen molar-refractivity contribution in [2.45, 2.75) is 24.3 Å². The van der Waals surface area contributed by atoms with Gasteiger partial charge in [-0.05, 0) is 54.4 Å². The summed E-state index contributed by atoms with van der Waals surface area (Å²) >= 11 is 0. The zero-order valence-electron chi connectivity index (χ0n) is 19.5. The van der Waals surface area contributed by atoms with Crippen LogP contribution in [-0.2, 0) is 21.2 Å². The van der Waals surface area contributed by atoms with E-state index in [2.05, 4.69) is 21.1 Å². The first-order valence-corrected chi connectivity index (χ1v) is 12.5. The molecule has 11 heteroatoms. The van der Waals surface area contributed by atoms with Crippen molar-refractivity contribution in [3.63, 3.8) is 0 Å². The Morgan fingerprint density at radius 1 is 1.11 bits per heavy atom. The molecule has 0 spiro atoms. The lowest BCUT2D eigenvalue weighted by Gasteiger charge is -2.15. The van der Waals surface area contributed by atoms with Crippen LogP contribution in [0.4, 0.5) is 5.69 Å². The second-order valence-electron chi connectivity index (χ2n) is 8.36. The number of aromatic amines is 1. The van der Waals surface area contributed by atoms with Crippen LogP contribution in [0.15, 0.2) is 71.8 Å². The van der Waals surface area contributed by atoms with E-state index in [1.165, 1.54) is 36.5 Å². The second kappa shape index (κ2) is 10.0. The number of H-pyrrole nitrogens is 1. The van der Waals surface area contributed by atoms with Crippen LogP contribution in [0, 0.1) is 18.3 Å². The summed E-state index contributed by atoms with van der Waals surface area (Å²) in [7, 11) is -4.14. The number of aromatic nitrogens is 1. The SMILES string of the molecule is Cc1ccc(NS(=O)(=O)c2cccc(C(=O)N[C@@H](Cc3ccc(O)cc3)C(=O)O)c2)c2[nH]cc(C#N)c12. The molecule has 4 aromatic rings. The number of carbonyl (C=O) groups excluding carboxylic acids is 1. The van der Waals surface area contributed by atoms with Crippen LogP contribution in [0.25, 0.3) is 10.9 Å². The maximum absolute atomic E-state index is 13.1. The van der Waals surface area contributed by atoms with Gasteiger partial charge in [-0.1, -0.05) is 24.3 Å². The highest BCUT2D eigenvalue weighted by molar-refractivity contribution is 7.92. The van der Waals surface area contributed by atoms with Crippen LogP contribution in [0.1, 0.15) is 27.0 Å². The molecule has 10 nitrogen and oxygen atoms in total. The summed E-state index contributed by atoms with van der Waals surface area (Å²) in [5, 5.41) is 31.3. The number of aromatic hydroxyl groups is 1. The smallest absolute Gasteiger partial charge is 0.326 e. The molecule has 0 fully saturated rings. The lowest BCUT2D eigenvalue weighted by Crippen LogP contribution is -2.42. The van der Waals surface area contributed by atoms with Crippen LogP contribution in [-0.4, -0.2) is 41.5 Å². The van der Waals surface area contributed by atoms with Gasteiger partial charge in [-0.25, -0.2) is 13.2 Å². The molecular weight excluding hydrogens is 496 g/mol. The second-order valence-corrected chi connectivity index (χ2v) is 10.0. The lowest BCUT2D eigenvalue weighted by molar-refractivity contribution is -0.139. The fraction of sp³-hybridized carbons (Fsp3) is 0.115. The van der Waals surface area contributed by atoms with Gasteiger partial charge < -0.3 is 20.5 Å².